The van der Waals surface area contributed by atoms with Crippen molar-refractivity contribution in [2.45, 2.75) is 18.7 Å². The van der Waals surface area contributed by atoms with Crippen LogP contribution in [-0.2, 0) is 10.1 Å². The third kappa shape index (κ3) is 1.62. The van der Waals surface area contributed by atoms with Gasteiger partial charge in [0.1, 0.15) is 4.90 Å². The van der Waals surface area contributed by atoms with Crippen molar-refractivity contribution in [3.8, 4) is 0 Å². The topological polar surface area (TPSA) is 67.3 Å². The fourth-order valence-corrected chi connectivity index (χ4v) is 1.97. The maximum Gasteiger partial charge on any atom is 0.296 e. The van der Waals surface area contributed by atoms with E-state index in [4.69, 9.17) is 4.55 Å². The minimum Gasteiger partial charge on any atom is -0.282 e. The average Bonchev–Trinajstić information content (AvgIpc) is 1.82. The monoisotopic (exact) mass is 187 g/mol. The van der Waals surface area contributed by atoms with Gasteiger partial charge >= 0.3 is 0 Å². The fourth-order valence-electron chi connectivity index (χ4n) is 1.07. The summed E-state index contributed by atoms with van der Waals surface area (Å²) in [6.45, 7) is 3.15. The third-order valence-electron chi connectivity index (χ3n) is 1.54. The standard InChI is InChI=1S/C7H9NO3S/c1-5-3-4-8-6(2)7(5)12(9,10)11/h3-4H,1-2H3,(H,9,10,11). The van der Waals surface area contributed by atoms with Crippen molar-refractivity contribution in [1.82, 2.24) is 4.98 Å². The molecule has 1 heterocycles. The summed E-state index contributed by atoms with van der Waals surface area (Å²) in [7, 11) is -4.13. The predicted molar refractivity (Wildman–Crippen MR) is 43.5 cm³/mol. The quantitative estimate of drug-likeness (QED) is 0.664. The number of pyridine rings is 1. The van der Waals surface area contributed by atoms with E-state index in [-0.39, 0.29) is 4.90 Å². The molecule has 4 nitrogen and oxygen atoms in total. The molecule has 1 rings (SSSR count). The molecule has 0 aliphatic rings. The van der Waals surface area contributed by atoms with E-state index in [9.17, 15) is 8.42 Å². The first kappa shape index (κ1) is 9.15. The molecule has 0 aromatic carbocycles. The van der Waals surface area contributed by atoms with Crippen molar-refractivity contribution in [3.05, 3.63) is 23.5 Å². The molecule has 0 saturated heterocycles. The van der Waals surface area contributed by atoms with Gasteiger partial charge in [0.2, 0.25) is 0 Å². The normalized spacial score (nSPS) is 11.6. The second kappa shape index (κ2) is 2.84. The fraction of sp³-hybridized carbons (Fsp3) is 0.286. The van der Waals surface area contributed by atoms with Crippen LogP contribution in [0.4, 0.5) is 0 Å². The molecule has 0 radical (unpaired) electrons. The van der Waals surface area contributed by atoms with E-state index in [1.165, 1.54) is 19.2 Å². The van der Waals surface area contributed by atoms with E-state index >= 15 is 0 Å². The zero-order valence-corrected chi connectivity index (χ0v) is 7.59. The molecule has 1 aromatic rings. The molecule has 0 aliphatic carbocycles. The van der Waals surface area contributed by atoms with Gasteiger partial charge in [0.05, 0.1) is 5.69 Å². The summed E-state index contributed by atoms with van der Waals surface area (Å²) < 4.78 is 30.4. The number of hydrogen-bond acceptors (Lipinski definition) is 3. The number of aryl methyl sites for hydroxylation is 2. The van der Waals surface area contributed by atoms with Crippen molar-refractivity contribution in [1.29, 1.82) is 0 Å². The minimum absolute atomic E-state index is 0.0926. The lowest BCUT2D eigenvalue weighted by Crippen LogP contribution is -2.04. The highest BCUT2D eigenvalue weighted by Crippen LogP contribution is 2.16. The van der Waals surface area contributed by atoms with Crippen molar-refractivity contribution in [2.75, 3.05) is 0 Å². The van der Waals surface area contributed by atoms with Crippen LogP contribution in [0.25, 0.3) is 0 Å². The van der Waals surface area contributed by atoms with Gasteiger partial charge in [-0.2, -0.15) is 8.42 Å². The Kier molecular flexibility index (Phi) is 2.16. The van der Waals surface area contributed by atoms with Crippen LogP contribution in [0.5, 0.6) is 0 Å². The van der Waals surface area contributed by atoms with Crippen LogP contribution in [0.2, 0.25) is 0 Å². The van der Waals surface area contributed by atoms with Gasteiger partial charge in [0.25, 0.3) is 10.1 Å². The lowest BCUT2D eigenvalue weighted by Gasteiger charge is -2.03. The zero-order valence-electron chi connectivity index (χ0n) is 6.77. The predicted octanol–water partition coefficient (Wildman–Crippen LogP) is 0.945. The van der Waals surface area contributed by atoms with E-state index in [2.05, 4.69) is 4.98 Å². The van der Waals surface area contributed by atoms with E-state index in [1.807, 2.05) is 0 Å². The van der Waals surface area contributed by atoms with Crippen LogP contribution in [0, 0.1) is 13.8 Å². The largest absolute Gasteiger partial charge is 0.296 e. The van der Waals surface area contributed by atoms with Crippen LogP contribution in [-0.4, -0.2) is 18.0 Å². The molecule has 0 unspecified atom stereocenters. The Balaban J connectivity index is 3.53. The number of aromatic nitrogens is 1. The first-order valence-electron chi connectivity index (χ1n) is 3.32. The van der Waals surface area contributed by atoms with Crippen molar-refractivity contribution in [2.24, 2.45) is 0 Å². The van der Waals surface area contributed by atoms with E-state index in [0.29, 0.717) is 11.3 Å². The summed E-state index contributed by atoms with van der Waals surface area (Å²) in [5, 5.41) is 0. The second-order valence-corrected chi connectivity index (χ2v) is 3.88. The highest BCUT2D eigenvalue weighted by Gasteiger charge is 2.16. The summed E-state index contributed by atoms with van der Waals surface area (Å²) in [6, 6.07) is 1.54. The Hall–Kier alpha value is -0.940. The van der Waals surface area contributed by atoms with Gasteiger partial charge in [-0.1, -0.05) is 0 Å². The second-order valence-electron chi connectivity index (χ2n) is 2.52. The molecule has 66 valence electrons. The van der Waals surface area contributed by atoms with Crippen LogP contribution in [0.3, 0.4) is 0 Å². The SMILES string of the molecule is Cc1ccnc(C)c1S(=O)(=O)O. The molecule has 0 aliphatic heterocycles. The molecule has 0 saturated carbocycles. The summed E-state index contributed by atoms with van der Waals surface area (Å²) in [5.41, 5.74) is 0.822. The van der Waals surface area contributed by atoms with Crippen LogP contribution < -0.4 is 0 Å². The molecule has 12 heavy (non-hydrogen) atoms. The van der Waals surface area contributed by atoms with Crippen LogP contribution >= 0.6 is 0 Å². The molecular formula is C7H9NO3S. The van der Waals surface area contributed by atoms with Gasteiger partial charge in [0, 0.05) is 6.20 Å². The Morgan fingerprint density at radius 1 is 1.42 bits per heavy atom. The van der Waals surface area contributed by atoms with Crippen LogP contribution in [0.1, 0.15) is 11.3 Å². The molecule has 1 N–H and O–H groups in total. The van der Waals surface area contributed by atoms with Gasteiger partial charge in [-0.25, -0.2) is 0 Å². The molecule has 0 atom stereocenters. The first-order valence-corrected chi connectivity index (χ1v) is 4.76. The third-order valence-corrected chi connectivity index (χ3v) is 2.67. The van der Waals surface area contributed by atoms with Crippen molar-refractivity contribution >= 4 is 10.1 Å². The van der Waals surface area contributed by atoms with Crippen molar-refractivity contribution in [3.63, 3.8) is 0 Å². The summed E-state index contributed by atoms with van der Waals surface area (Å²) in [5.74, 6) is 0. The van der Waals surface area contributed by atoms with Gasteiger partial charge in [0.15, 0.2) is 0 Å². The summed E-state index contributed by atoms with van der Waals surface area (Å²) >= 11 is 0. The van der Waals surface area contributed by atoms with E-state index in [0.717, 1.165) is 0 Å². The van der Waals surface area contributed by atoms with Gasteiger partial charge in [-0.05, 0) is 25.5 Å². The number of hydrogen-bond donors (Lipinski definition) is 1. The maximum absolute atomic E-state index is 10.8. The molecule has 0 fully saturated rings. The lowest BCUT2D eigenvalue weighted by molar-refractivity contribution is 0.481. The van der Waals surface area contributed by atoms with Gasteiger partial charge < -0.3 is 0 Å². The smallest absolute Gasteiger partial charge is 0.282 e. The van der Waals surface area contributed by atoms with E-state index in [1.54, 1.807) is 6.92 Å². The summed E-state index contributed by atoms with van der Waals surface area (Å²) in [6.07, 6.45) is 1.50. The molecular weight excluding hydrogens is 178 g/mol. The Morgan fingerprint density at radius 3 is 2.33 bits per heavy atom. The lowest BCUT2D eigenvalue weighted by atomic mass is 10.2. The number of nitrogens with zero attached hydrogens (tertiary/aromatic N) is 1. The number of rotatable bonds is 1. The maximum atomic E-state index is 10.8. The van der Waals surface area contributed by atoms with Gasteiger partial charge in [-0.15, -0.1) is 0 Å². The molecule has 0 amide bonds. The minimum atomic E-state index is -4.13. The van der Waals surface area contributed by atoms with Gasteiger partial charge in [-0.3, -0.25) is 9.54 Å². The highest BCUT2D eigenvalue weighted by atomic mass is 32.2. The molecule has 1 aromatic heterocycles. The van der Waals surface area contributed by atoms with Crippen molar-refractivity contribution < 1.29 is 13.0 Å². The van der Waals surface area contributed by atoms with Crippen LogP contribution in [0.15, 0.2) is 17.2 Å². The summed E-state index contributed by atoms with van der Waals surface area (Å²) in [4.78, 5) is 3.67. The first-order chi connectivity index (χ1) is 5.43. The molecule has 5 heteroatoms. The van der Waals surface area contributed by atoms with E-state index < -0.39 is 10.1 Å². The molecule has 0 bridgehead atoms. The Bertz CT molecular complexity index is 377. The Labute approximate surface area is 71.0 Å². The highest BCUT2D eigenvalue weighted by molar-refractivity contribution is 7.86. The molecule has 0 spiro atoms. The Morgan fingerprint density at radius 2 is 2.00 bits per heavy atom. The average molecular weight is 187 g/mol. The zero-order chi connectivity index (χ0) is 9.35.